The van der Waals surface area contributed by atoms with Gasteiger partial charge in [0, 0.05) is 36.9 Å². The summed E-state index contributed by atoms with van der Waals surface area (Å²) >= 11 is 0. The van der Waals surface area contributed by atoms with E-state index in [4.69, 9.17) is 9.47 Å². The Morgan fingerprint density at radius 2 is 1.86 bits per heavy atom. The number of amides is 1. The van der Waals surface area contributed by atoms with Crippen LogP contribution in [0.25, 0.3) is 5.69 Å². The highest BCUT2D eigenvalue weighted by Gasteiger charge is 2.22. The van der Waals surface area contributed by atoms with Gasteiger partial charge < -0.3 is 18.9 Å². The van der Waals surface area contributed by atoms with Crippen molar-refractivity contribution in [2.45, 2.75) is 20.4 Å². The number of nitrogens with zero attached hydrogens (tertiary/aromatic N) is 3. The smallest absolute Gasteiger partial charge is 0.256 e. The summed E-state index contributed by atoms with van der Waals surface area (Å²) in [6.07, 6.45) is 1.74. The van der Waals surface area contributed by atoms with Gasteiger partial charge in [-0.2, -0.15) is 0 Å². The summed E-state index contributed by atoms with van der Waals surface area (Å²) in [4.78, 5) is 19.5. The molecule has 0 radical (unpaired) electrons. The Kier molecular flexibility index (Phi) is 6.67. The number of hydrogen-bond donors (Lipinski definition) is 0. The molecule has 29 heavy (non-hydrogen) atoms. The molecule has 6 nitrogen and oxygen atoms in total. The van der Waals surface area contributed by atoms with Gasteiger partial charge in [-0.25, -0.2) is 0 Å². The van der Waals surface area contributed by atoms with Crippen LogP contribution in [-0.2, 0) is 11.3 Å². The highest BCUT2D eigenvalue weighted by Crippen LogP contribution is 2.24. The molecule has 6 heteroatoms. The van der Waals surface area contributed by atoms with Crippen molar-refractivity contribution in [3.63, 3.8) is 0 Å². The van der Waals surface area contributed by atoms with Crippen LogP contribution in [0.2, 0.25) is 0 Å². The molecule has 0 aliphatic carbocycles. The first kappa shape index (κ1) is 20.6. The monoisotopic (exact) mass is 393 g/mol. The third-order valence-electron chi connectivity index (χ3n) is 4.92. The van der Waals surface area contributed by atoms with Crippen LogP contribution in [0.1, 0.15) is 27.4 Å². The topological polar surface area (TPSA) is 56.6 Å². The largest absolute Gasteiger partial charge is 0.497 e. The Morgan fingerprint density at radius 1 is 1.10 bits per heavy atom. The van der Waals surface area contributed by atoms with E-state index >= 15 is 0 Å². The van der Waals surface area contributed by atoms with Gasteiger partial charge in [0.25, 0.3) is 5.91 Å². The highest BCUT2D eigenvalue weighted by atomic mass is 16.5. The summed E-state index contributed by atoms with van der Waals surface area (Å²) in [5.74, 6) is 0.772. The summed E-state index contributed by atoms with van der Waals surface area (Å²) in [6, 6.07) is 15.5. The Hall–Kier alpha value is -3.12. The molecule has 2 aromatic heterocycles. The van der Waals surface area contributed by atoms with E-state index in [0.29, 0.717) is 25.3 Å². The lowest BCUT2D eigenvalue weighted by Crippen LogP contribution is -2.34. The van der Waals surface area contributed by atoms with Crippen LogP contribution in [0, 0.1) is 13.8 Å². The Bertz CT molecular complexity index is 950. The zero-order chi connectivity index (χ0) is 20.8. The zero-order valence-electron chi connectivity index (χ0n) is 17.4. The van der Waals surface area contributed by atoms with Gasteiger partial charge in [-0.1, -0.05) is 6.07 Å². The van der Waals surface area contributed by atoms with Crippen LogP contribution in [0.4, 0.5) is 0 Å². The molecule has 0 spiro atoms. The average molecular weight is 393 g/mol. The second-order valence-corrected chi connectivity index (χ2v) is 6.86. The van der Waals surface area contributed by atoms with Crippen LogP contribution in [0.15, 0.2) is 54.7 Å². The maximum atomic E-state index is 13.4. The molecule has 3 aromatic rings. The second-order valence-electron chi connectivity index (χ2n) is 6.86. The first-order valence-corrected chi connectivity index (χ1v) is 9.56. The number of carbonyl (C=O) groups excluding carboxylic acids is 1. The molecule has 0 aliphatic heterocycles. The minimum absolute atomic E-state index is 0.0273. The standard InChI is InChI=1S/C23H27N3O3/c1-17-15-22(18(2)26(17)20-8-10-21(29-4)11-9-20)23(27)25(13-14-28-3)16-19-7-5-6-12-24-19/h5-12,15H,13-14,16H2,1-4H3. The van der Waals surface area contributed by atoms with Crippen molar-refractivity contribution in [2.75, 3.05) is 27.4 Å². The van der Waals surface area contributed by atoms with Crippen molar-refractivity contribution in [3.05, 3.63) is 77.4 Å². The van der Waals surface area contributed by atoms with Gasteiger partial charge >= 0.3 is 0 Å². The molecule has 0 fully saturated rings. The lowest BCUT2D eigenvalue weighted by atomic mass is 10.2. The molecular formula is C23H27N3O3. The van der Waals surface area contributed by atoms with Gasteiger partial charge in [-0.05, 0) is 56.3 Å². The second kappa shape index (κ2) is 9.39. The molecule has 0 aliphatic rings. The molecule has 3 rings (SSSR count). The van der Waals surface area contributed by atoms with Gasteiger partial charge in [-0.15, -0.1) is 0 Å². The molecule has 0 N–H and O–H groups in total. The maximum Gasteiger partial charge on any atom is 0.256 e. The van der Waals surface area contributed by atoms with Crippen molar-refractivity contribution in [1.29, 1.82) is 0 Å². The minimum Gasteiger partial charge on any atom is -0.497 e. The number of benzene rings is 1. The summed E-state index contributed by atoms with van der Waals surface area (Å²) in [5, 5.41) is 0. The summed E-state index contributed by atoms with van der Waals surface area (Å²) in [5.41, 5.74) is 4.43. The fourth-order valence-electron chi connectivity index (χ4n) is 3.42. The molecule has 0 bridgehead atoms. The summed E-state index contributed by atoms with van der Waals surface area (Å²) < 4.78 is 12.5. The Labute approximate surface area is 171 Å². The third kappa shape index (κ3) is 4.66. The zero-order valence-corrected chi connectivity index (χ0v) is 17.4. The third-order valence-corrected chi connectivity index (χ3v) is 4.92. The first-order valence-electron chi connectivity index (χ1n) is 9.56. The molecule has 0 saturated carbocycles. The maximum absolute atomic E-state index is 13.4. The normalized spacial score (nSPS) is 10.8. The van der Waals surface area contributed by atoms with Gasteiger partial charge in [0.1, 0.15) is 5.75 Å². The minimum atomic E-state index is -0.0273. The summed E-state index contributed by atoms with van der Waals surface area (Å²) in [6.45, 7) is 5.38. The molecule has 1 aromatic carbocycles. The average Bonchev–Trinajstić information content (AvgIpc) is 3.05. The van der Waals surface area contributed by atoms with Crippen LogP contribution >= 0.6 is 0 Å². The van der Waals surface area contributed by atoms with E-state index in [-0.39, 0.29) is 5.91 Å². The van der Waals surface area contributed by atoms with Crippen molar-refractivity contribution in [1.82, 2.24) is 14.5 Å². The van der Waals surface area contributed by atoms with E-state index in [1.54, 1.807) is 25.3 Å². The van der Waals surface area contributed by atoms with Crippen molar-refractivity contribution < 1.29 is 14.3 Å². The van der Waals surface area contributed by atoms with E-state index in [1.165, 1.54) is 0 Å². The number of pyridine rings is 1. The molecule has 1 amide bonds. The van der Waals surface area contributed by atoms with Crippen molar-refractivity contribution in [3.8, 4) is 11.4 Å². The van der Waals surface area contributed by atoms with E-state index in [1.807, 2.05) is 62.4 Å². The fourth-order valence-corrected chi connectivity index (χ4v) is 3.42. The Balaban J connectivity index is 1.91. The molecule has 0 unspecified atom stereocenters. The summed E-state index contributed by atoms with van der Waals surface area (Å²) in [7, 11) is 3.28. The van der Waals surface area contributed by atoms with E-state index in [9.17, 15) is 4.79 Å². The number of hydrogen-bond acceptors (Lipinski definition) is 4. The molecule has 152 valence electrons. The lowest BCUT2D eigenvalue weighted by molar-refractivity contribution is 0.0677. The quantitative estimate of drug-likeness (QED) is 0.584. The van der Waals surface area contributed by atoms with Gasteiger partial charge in [0.05, 0.1) is 31.5 Å². The fraction of sp³-hybridized carbons (Fsp3) is 0.304. The molecule has 2 heterocycles. The Morgan fingerprint density at radius 3 is 2.48 bits per heavy atom. The van der Waals surface area contributed by atoms with Gasteiger partial charge in [-0.3, -0.25) is 9.78 Å². The van der Waals surface area contributed by atoms with Gasteiger partial charge in [0.2, 0.25) is 0 Å². The van der Waals surface area contributed by atoms with E-state index in [2.05, 4.69) is 9.55 Å². The van der Waals surface area contributed by atoms with Crippen LogP contribution in [-0.4, -0.2) is 47.7 Å². The predicted molar refractivity (Wildman–Crippen MR) is 113 cm³/mol. The number of aromatic nitrogens is 2. The van der Waals surface area contributed by atoms with Crippen molar-refractivity contribution >= 4 is 5.91 Å². The van der Waals surface area contributed by atoms with Crippen LogP contribution in [0.5, 0.6) is 5.75 Å². The SMILES string of the molecule is COCCN(Cc1ccccn1)C(=O)c1cc(C)n(-c2ccc(OC)cc2)c1C. The van der Waals surface area contributed by atoms with Crippen molar-refractivity contribution in [2.24, 2.45) is 0 Å². The lowest BCUT2D eigenvalue weighted by Gasteiger charge is -2.22. The number of ether oxygens (including phenoxy) is 2. The number of rotatable bonds is 8. The van der Waals surface area contributed by atoms with Gasteiger partial charge in [0.15, 0.2) is 0 Å². The molecule has 0 saturated heterocycles. The van der Waals surface area contributed by atoms with Crippen LogP contribution in [0.3, 0.4) is 0 Å². The highest BCUT2D eigenvalue weighted by molar-refractivity contribution is 5.96. The first-order chi connectivity index (χ1) is 14.0. The molecule has 0 atom stereocenters. The number of methoxy groups -OCH3 is 2. The van der Waals surface area contributed by atoms with E-state index in [0.717, 1.165) is 28.5 Å². The number of carbonyl (C=O) groups is 1. The van der Waals surface area contributed by atoms with Crippen LogP contribution < -0.4 is 4.74 Å². The predicted octanol–water partition coefficient (Wildman–Crippen LogP) is 3.79. The van der Waals surface area contributed by atoms with E-state index < -0.39 is 0 Å². The molecular weight excluding hydrogens is 366 g/mol. The number of aryl methyl sites for hydroxylation is 1.